The lowest BCUT2D eigenvalue weighted by atomic mass is 9.95. The predicted molar refractivity (Wildman–Crippen MR) is 56.6 cm³/mol. The molecule has 2 heteroatoms. The van der Waals surface area contributed by atoms with Crippen LogP contribution in [0.25, 0.3) is 5.57 Å². The van der Waals surface area contributed by atoms with Gasteiger partial charge in [0.2, 0.25) is 0 Å². The molecular weight excluding hydrogens is 174 g/mol. The van der Waals surface area contributed by atoms with Crippen molar-refractivity contribution in [2.45, 2.75) is 32.3 Å². The van der Waals surface area contributed by atoms with Crippen LogP contribution in [0.15, 0.2) is 24.4 Å². The normalized spacial score (nSPS) is 16.5. The van der Waals surface area contributed by atoms with Crippen molar-refractivity contribution in [3.63, 3.8) is 0 Å². The molecule has 1 heterocycles. The van der Waals surface area contributed by atoms with Gasteiger partial charge in [0.15, 0.2) is 0 Å². The van der Waals surface area contributed by atoms with Gasteiger partial charge in [-0.15, -0.1) is 0 Å². The van der Waals surface area contributed by atoms with Gasteiger partial charge in [-0.2, -0.15) is 0 Å². The quantitative estimate of drug-likeness (QED) is 0.775. The molecule has 0 fully saturated rings. The molecule has 1 aromatic rings. The molecule has 1 aliphatic carbocycles. The van der Waals surface area contributed by atoms with Crippen LogP contribution >= 0.6 is 0 Å². The van der Waals surface area contributed by atoms with E-state index in [2.05, 4.69) is 17.1 Å². The first-order valence-electron chi connectivity index (χ1n) is 5.15. The van der Waals surface area contributed by atoms with Crippen LogP contribution in [0.1, 0.15) is 36.9 Å². The number of nitrogens with zero attached hydrogens (tertiary/aromatic N) is 1. The minimum absolute atomic E-state index is 0.0271. The zero-order chi connectivity index (χ0) is 9.80. The number of hydrogen-bond acceptors (Lipinski definition) is 2. The van der Waals surface area contributed by atoms with E-state index in [-0.39, 0.29) is 6.61 Å². The van der Waals surface area contributed by atoms with Crippen LogP contribution in [0, 0.1) is 0 Å². The smallest absolute Gasteiger partial charge is 0.0852 e. The lowest BCUT2D eigenvalue weighted by molar-refractivity contribution is 0.277. The number of aliphatic hydroxyl groups excluding tert-OH is 1. The van der Waals surface area contributed by atoms with Gasteiger partial charge in [0.25, 0.3) is 0 Å². The molecule has 1 aromatic heterocycles. The standard InChI is InChI=1S/C12H15NO/c14-9-12-7-6-11(8-13-12)10-4-2-1-3-5-10/h4,6-8,14H,1-3,5,9H2. The summed E-state index contributed by atoms with van der Waals surface area (Å²) in [6.07, 6.45) is 9.12. The lowest BCUT2D eigenvalue weighted by Gasteiger charge is -2.12. The number of hydrogen-bond donors (Lipinski definition) is 1. The molecule has 0 aromatic carbocycles. The summed E-state index contributed by atoms with van der Waals surface area (Å²) in [5, 5.41) is 8.86. The fourth-order valence-corrected chi connectivity index (χ4v) is 1.81. The van der Waals surface area contributed by atoms with Crippen LogP contribution in [0.3, 0.4) is 0 Å². The van der Waals surface area contributed by atoms with Crippen LogP contribution in [0.2, 0.25) is 0 Å². The molecule has 0 bridgehead atoms. The predicted octanol–water partition coefficient (Wildman–Crippen LogP) is 2.53. The second kappa shape index (κ2) is 4.38. The Kier molecular flexibility index (Phi) is 2.94. The molecular formula is C12H15NO. The summed E-state index contributed by atoms with van der Waals surface area (Å²) < 4.78 is 0. The Morgan fingerprint density at radius 2 is 2.21 bits per heavy atom. The summed E-state index contributed by atoms with van der Waals surface area (Å²) >= 11 is 0. The highest BCUT2D eigenvalue weighted by atomic mass is 16.3. The van der Waals surface area contributed by atoms with Crippen LogP contribution < -0.4 is 0 Å². The molecule has 74 valence electrons. The summed E-state index contributed by atoms with van der Waals surface area (Å²) in [6, 6.07) is 3.94. The van der Waals surface area contributed by atoms with Gasteiger partial charge in [0.1, 0.15) is 0 Å². The molecule has 0 saturated heterocycles. The van der Waals surface area contributed by atoms with E-state index < -0.39 is 0 Å². The zero-order valence-electron chi connectivity index (χ0n) is 8.24. The Bertz CT molecular complexity index is 327. The number of aromatic nitrogens is 1. The van der Waals surface area contributed by atoms with Gasteiger partial charge in [-0.25, -0.2) is 0 Å². The van der Waals surface area contributed by atoms with Crippen LogP contribution in [0.5, 0.6) is 0 Å². The third-order valence-corrected chi connectivity index (χ3v) is 2.65. The van der Waals surface area contributed by atoms with Gasteiger partial charge in [0, 0.05) is 6.20 Å². The molecule has 0 atom stereocenters. The van der Waals surface area contributed by atoms with Gasteiger partial charge in [-0.05, 0) is 42.9 Å². The minimum atomic E-state index is 0.0271. The SMILES string of the molecule is OCc1ccc(C2=CCCCC2)cn1. The topological polar surface area (TPSA) is 33.1 Å². The molecule has 0 radical (unpaired) electrons. The van der Waals surface area contributed by atoms with Crippen molar-refractivity contribution in [3.8, 4) is 0 Å². The van der Waals surface area contributed by atoms with Gasteiger partial charge in [-0.1, -0.05) is 12.1 Å². The van der Waals surface area contributed by atoms with E-state index in [1.54, 1.807) is 0 Å². The highest BCUT2D eigenvalue weighted by molar-refractivity contribution is 5.65. The second-order valence-corrected chi connectivity index (χ2v) is 3.67. The highest BCUT2D eigenvalue weighted by Crippen LogP contribution is 2.25. The monoisotopic (exact) mass is 189 g/mol. The summed E-state index contributed by atoms with van der Waals surface area (Å²) in [5.74, 6) is 0. The van der Waals surface area contributed by atoms with Crippen LogP contribution in [-0.4, -0.2) is 10.1 Å². The van der Waals surface area contributed by atoms with Gasteiger partial charge in [-0.3, -0.25) is 4.98 Å². The van der Waals surface area contributed by atoms with E-state index in [0.717, 1.165) is 5.69 Å². The van der Waals surface area contributed by atoms with Crippen molar-refractivity contribution in [1.82, 2.24) is 4.98 Å². The molecule has 0 saturated carbocycles. The maximum atomic E-state index is 8.86. The van der Waals surface area contributed by atoms with Crippen LogP contribution in [0.4, 0.5) is 0 Å². The Balaban J connectivity index is 2.19. The van der Waals surface area contributed by atoms with Crippen molar-refractivity contribution in [1.29, 1.82) is 0 Å². The zero-order valence-corrected chi connectivity index (χ0v) is 8.24. The highest BCUT2D eigenvalue weighted by Gasteiger charge is 2.06. The number of pyridine rings is 1. The molecule has 2 rings (SSSR count). The Morgan fingerprint density at radius 3 is 2.79 bits per heavy atom. The second-order valence-electron chi connectivity index (χ2n) is 3.67. The van der Waals surface area contributed by atoms with E-state index in [9.17, 15) is 0 Å². The first kappa shape index (κ1) is 9.41. The first-order valence-corrected chi connectivity index (χ1v) is 5.15. The summed E-state index contributed by atoms with van der Waals surface area (Å²) in [6.45, 7) is 0.0271. The maximum absolute atomic E-state index is 8.86. The van der Waals surface area contributed by atoms with E-state index in [1.165, 1.54) is 36.8 Å². The van der Waals surface area contributed by atoms with E-state index in [1.807, 2.05) is 12.3 Å². The molecule has 0 spiro atoms. The summed E-state index contributed by atoms with van der Waals surface area (Å²) in [7, 11) is 0. The van der Waals surface area contributed by atoms with E-state index in [4.69, 9.17) is 5.11 Å². The molecule has 0 unspecified atom stereocenters. The molecule has 1 N–H and O–H groups in total. The van der Waals surface area contributed by atoms with Crippen molar-refractivity contribution >= 4 is 5.57 Å². The number of allylic oxidation sites excluding steroid dienone is 2. The lowest BCUT2D eigenvalue weighted by Crippen LogP contribution is -1.94. The van der Waals surface area contributed by atoms with Gasteiger partial charge >= 0.3 is 0 Å². The molecule has 2 nitrogen and oxygen atoms in total. The third kappa shape index (κ3) is 2.02. The van der Waals surface area contributed by atoms with E-state index >= 15 is 0 Å². The average Bonchev–Trinajstić information content (AvgIpc) is 2.30. The minimum Gasteiger partial charge on any atom is -0.390 e. The largest absolute Gasteiger partial charge is 0.390 e. The Labute approximate surface area is 84.3 Å². The fourth-order valence-electron chi connectivity index (χ4n) is 1.81. The van der Waals surface area contributed by atoms with Gasteiger partial charge < -0.3 is 5.11 Å². The van der Waals surface area contributed by atoms with Gasteiger partial charge in [0.05, 0.1) is 12.3 Å². The summed E-state index contributed by atoms with van der Waals surface area (Å²) in [5.41, 5.74) is 3.36. The molecule has 14 heavy (non-hydrogen) atoms. The fraction of sp³-hybridized carbons (Fsp3) is 0.417. The van der Waals surface area contributed by atoms with Crippen LogP contribution in [-0.2, 0) is 6.61 Å². The number of rotatable bonds is 2. The van der Waals surface area contributed by atoms with Crippen molar-refractivity contribution in [2.24, 2.45) is 0 Å². The average molecular weight is 189 g/mol. The summed E-state index contributed by atoms with van der Waals surface area (Å²) in [4.78, 5) is 4.18. The third-order valence-electron chi connectivity index (χ3n) is 2.65. The molecule has 0 amide bonds. The Hall–Kier alpha value is -1.15. The number of aliphatic hydroxyl groups is 1. The molecule has 1 aliphatic rings. The Morgan fingerprint density at radius 1 is 1.29 bits per heavy atom. The van der Waals surface area contributed by atoms with Crippen molar-refractivity contribution in [2.75, 3.05) is 0 Å². The van der Waals surface area contributed by atoms with Crippen molar-refractivity contribution in [3.05, 3.63) is 35.7 Å². The first-order chi connectivity index (χ1) is 6.90. The molecule has 0 aliphatic heterocycles. The maximum Gasteiger partial charge on any atom is 0.0852 e. The van der Waals surface area contributed by atoms with Crippen molar-refractivity contribution < 1.29 is 5.11 Å². The van der Waals surface area contributed by atoms with E-state index in [0.29, 0.717) is 0 Å².